The Morgan fingerprint density at radius 1 is 1.39 bits per heavy atom. The van der Waals surface area contributed by atoms with E-state index in [4.69, 9.17) is 10.2 Å². The highest BCUT2D eigenvalue weighted by Crippen LogP contribution is 2.13. The molecule has 0 unspecified atom stereocenters. The van der Waals surface area contributed by atoms with Gasteiger partial charge in [0.25, 0.3) is 0 Å². The molecule has 0 bridgehead atoms. The van der Waals surface area contributed by atoms with Crippen molar-refractivity contribution in [3.63, 3.8) is 0 Å². The molecule has 0 aliphatic heterocycles. The Bertz CT molecular complexity index is 377. The molecule has 0 saturated heterocycles. The van der Waals surface area contributed by atoms with E-state index < -0.39 is 0 Å². The maximum atomic E-state index is 11.7. The number of rotatable bonds is 7. The van der Waals surface area contributed by atoms with Crippen LogP contribution < -0.4 is 10.6 Å². The summed E-state index contributed by atoms with van der Waals surface area (Å²) in [7, 11) is 3.44. The predicted octanol–water partition coefficient (Wildman–Crippen LogP) is -0.125. The smallest absolute Gasteiger partial charge is 0.318 e. The van der Waals surface area contributed by atoms with Gasteiger partial charge in [-0.2, -0.15) is 0 Å². The summed E-state index contributed by atoms with van der Waals surface area (Å²) < 4.78 is 5.47. The topological polar surface area (TPSA) is 88.5 Å². The van der Waals surface area contributed by atoms with Gasteiger partial charge in [0.1, 0.15) is 6.54 Å². The molecule has 18 heavy (non-hydrogen) atoms. The summed E-state index contributed by atoms with van der Waals surface area (Å²) in [6.45, 7) is 3.44. The predicted molar refractivity (Wildman–Crippen MR) is 68.3 cm³/mol. The van der Waals surface area contributed by atoms with Crippen molar-refractivity contribution in [3.05, 3.63) is 5.89 Å². The summed E-state index contributed by atoms with van der Waals surface area (Å²) in [5.74, 6) is 0.507. The van der Waals surface area contributed by atoms with Crippen molar-refractivity contribution >= 4 is 11.9 Å². The van der Waals surface area contributed by atoms with Crippen molar-refractivity contribution < 1.29 is 9.21 Å². The van der Waals surface area contributed by atoms with Gasteiger partial charge >= 0.3 is 6.01 Å². The molecule has 1 aromatic heterocycles. The van der Waals surface area contributed by atoms with Crippen LogP contribution in [0.2, 0.25) is 0 Å². The van der Waals surface area contributed by atoms with Crippen LogP contribution in [0.3, 0.4) is 0 Å². The Morgan fingerprint density at radius 3 is 2.67 bits per heavy atom. The van der Waals surface area contributed by atoms with E-state index >= 15 is 0 Å². The lowest BCUT2D eigenvalue weighted by molar-refractivity contribution is -0.127. The highest BCUT2D eigenvalue weighted by Gasteiger charge is 2.17. The van der Waals surface area contributed by atoms with Crippen molar-refractivity contribution in [3.8, 4) is 0 Å². The number of nitrogens with two attached hydrogens (primary N) is 1. The number of carbonyl (C=O) groups excluding carboxylic acids is 1. The van der Waals surface area contributed by atoms with Crippen molar-refractivity contribution in [2.45, 2.75) is 19.8 Å². The first kappa shape index (κ1) is 14.4. The molecule has 0 aromatic carbocycles. The van der Waals surface area contributed by atoms with Gasteiger partial charge < -0.3 is 20.0 Å². The highest BCUT2D eigenvalue weighted by molar-refractivity contribution is 5.80. The molecular formula is C11H21N5O2. The monoisotopic (exact) mass is 255 g/mol. The van der Waals surface area contributed by atoms with Crippen LogP contribution in [0, 0.1) is 0 Å². The van der Waals surface area contributed by atoms with Crippen LogP contribution in [0.5, 0.6) is 0 Å². The summed E-state index contributed by atoms with van der Waals surface area (Å²) in [5, 5.41) is 7.85. The molecule has 7 nitrogen and oxygen atoms in total. The Balaban J connectivity index is 2.73. The van der Waals surface area contributed by atoms with E-state index in [9.17, 15) is 4.79 Å². The number of likely N-dealkylation sites (N-methyl/N-ethyl adjacent to an activating group) is 1. The third kappa shape index (κ3) is 3.99. The average molecular weight is 255 g/mol. The first-order valence-electron chi connectivity index (χ1n) is 6.06. The Hall–Kier alpha value is -1.63. The Labute approximate surface area is 107 Å². The van der Waals surface area contributed by atoms with Gasteiger partial charge in [-0.1, -0.05) is 12.0 Å². The standard InChI is InChI=1S/C11H21N5O2/c1-4-7-16(8-10(17)15(2)3)11-14-13-9(18-11)5-6-12/h4-8,12H2,1-3H3. The van der Waals surface area contributed by atoms with E-state index in [0.29, 0.717) is 31.4 Å². The minimum atomic E-state index is 0.00187. The zero-order valence-electron chi connectivity index (χ0n) is 11.2. The maximum absolute atomic E-state index is 11.7. The highest BCUT2D eigenvalue weighted by atomic mass is 16.4. The molecule has 1 amide bonds. The van der Waals surface area contributed by atoms with Crippen LogP contribution in [-0.4, -0.2) is 54.7 Å². The third-order valence-corrected chi connectivity index (χ3v) is 2.40. The molecule has 102 valence electrons. The van der Waals surface area contributed by atoms with Crippen molar-refractivity contribution in [1.29, 1.82) is 0 Å². The normalized spacial score (nSPS) is 10.4. The first-order chi connectivity index (χ1) is 8.58. The number of hydrogen-bond acceptors (Lipinski definition) is 6. The van der Waals surface area contributed by atoms with Crippen molar-refractivity contribution in [1.82, 2.24) is 15.1 Å². The zero-order chi connectivity index (χ0) is 13.5. The molecule has 1 aromatic rings. The number of nitrogens with zero attached hydrogens (tertiary/aromatic N) is 4. The van der Waals surface area contributed by atoms with Crippen LogP contribution >= 0.6 is 0 Å². The van der Waals surface area contributed by atoms with Crippen molar-refractivity contribution in [2.24, 2.45) is 5.73 Å². The number of carbonyl (C=O) groups is 1. The molecular weight excluding hydrogens is 234 g/mol. The van der Waals surface area contributed by atoms with E-state index in [1.165, 1.54) is 0 Å². The fraction of sp³-hybridized carbons (Fsp3) is 0.727. The lowest BCUT2D eigenvalue weighted by Crippen LogP contribution is -2.37. The third-order valence-electron chi connectivity index (χ3n) is 2.40. The largest absolute Gasteiger partial charge is 0.408 e. The molecule has 0 spiro atoms. The van der Waals surface area contributed by atoms with Gasteiger partial charge in [0.2, 0.25) is 11.8 Å². The minimum Gasteiger partial charge on any atom is -0.408 e. The molecule has 0 saturated carbocycles. The Morgan fingerprint density at radius 2 is 2.11 bits per heavy atom. The molecule has 7 heteroatoms. The second kappa shape index (κ2) is 6.95. The fourth-order valence-corrected chi connectivity index (χ4v) is 1.41. The average Bonchev–Trinajstić information content (AvgIpc) is 2.77. The lowest BCUT2D eigenvalue weighted by Gasteiger charge is -2.20. The first-order valence-corrected chi connectivity index (χ1v) is 6.06. The van der Waals surface area contributed by atoms with E-state index in [1.807, 2.05) is 6.92 Å². The van der Waals surface area contributed by atoms with Crippen LogP contribution in [0.4, 0.5) is 6.01 Å². The van der Waals surface area contributed by atoms with Gasteiger partial charge in [-0.15, -0.1) is 5.10 Å². The second-order valence-electron chi connectivity index (χ2n) is 4.23. The maximum Gasteiger partial charge on any atom is 0.318 e. The summed E-state index contributed by atoms with van der Waals surface area (Å²) in [6.07, 6.45) is 1.45. The minimum absolute atomic E-state index is 0.00187. The van der Waals surface area contributed by atoms with Crippen molar-refractivity contribution in [2.75, 3.05) is 38.6 Å². The summed E-state index contributed by atoms with van der Waals surface area (Å²) in [6, 6.07) is 0.385. The van der Waals surface area contributed by atoms with E-state index in [1.54, 1.807) is 23.9 Å². The molecule has 0 atom stereocenters. The summed E-state index contributed by atoms with van der Waals surface area (Å²) in [5.41, 5.74) is 5.42. The number of hydrogen-bond donors (Lipinski definition) is 1. The van der Waals surface area contributed by atoms with Crippen LogP contribution in [0.25, 0.3) is 0 Å². The van der Waals surface area contributed by atoms with Gasteiger partial charge in [-0.25, -0.2) is 0 Å². The molecule has 1 rings (SSSR count). The van der Waals surface area contributed by atoms with Gasteiger partial charge in [-0.3, -0.25) is 4.79 Å². The quantitative estimate of drug-likeness (QED) is 0.730. The molecule has 1 heterocycles. The molecule has 0 fully saturated rings. The number of anilines is 1. The summed E-state index contributed by atoms with van der Waals surface area (Å²) >= 11 is 0. The molecule has 0 aliphatic carbocycles. The van der Waals surface area contributed by atoms with Gasteiger partial charge in [0.05, 0.1) is 0 Å². The zero-order valence-corrected chi connectivity index (χ0v) is 11.2. The van der Waals surface area contributed by atoms with Gasteiger partial charge in [0, 0.05) is 33.6 Å². The lowest BCUT2D eigenvalue weighted by atomic mass is 10.4. The van der Waals surface area contributed by atoms with E-state index in [2.05, 4.69) is 10.2 Å². The molecule has 0 radical (unpaired) electrons. The fourth-order valence-electron chi connectivity index (χ4n) is 1.41. The summed E-state index contributed by atoms with van der Waals surface area (Å²) in [4.78, 5) is 15.0. The molecule has 0 aliphatic rings. The van der Waals surface area contributed by atoms with Gasteiger partial charge in [-0.05, 0) is 6.42 Å². The van der Waals surface area contributed by atoms with E-state index in [-0.39, 0.29) is 12.5 Å². The molecule has 2 N–H and O–H groups in total. The van der Waals surface area contributed by atoms with Crippen LogP contribution in [0.15, 0.2) is 4.42 Å². The second-order valence-corrected chi connectivity index (χ2v) is 4.23. The number of aromatic nitrogens is 2. The van der Waals surface area contributed by atoms with Crippen LogP contribution in [-0.2, 0) is 11.2 Å². The van der Waals surface area contributed by atoms with E-state index in [0.717, 1.165) is 6.42 Å². The van der Waals surface area contributed by atoms with Gasteiger partial charge in [0.15, 0.2) is 0 Å². The Kier molecular flexibility index (Phi) is 5.57. The number of amides is 1. The van der Waals surface area contributed by atoms with Crippen LogP contribution in [0.1, 0.15) is 19.2 Å². The SMILES string of the molecule is CCCN(CC(=O)N(C)C)c1nnc(CCN)o1.